The number of para-hydroxylation sites is 2. The Bertz CT molecular complexity index is 2730. The molecule has 0 aliphatic heterocycles. The highest BCUT2D eigenvalue weighted by molar-refractivity contribution is 8.76. The molecule has 0 saturated heterocycles. The third kappa shape index (κ3) is 12.7. The van der Waals surface area contributed by atoms with Gasteiger partial charge in [-0.3, -0.25) is 9.59 Å². The molecule has 2 N–H and O–H groups in total. The van der Waals surface area contributed by atoms with Gasteiger partial charge in [0, 0.05) is 131 Å². The second-order valence-corrected chi connectivity index (χ2v) is 18.7. The Hall–Kier alpha value is -5.52. The predicted octanol–water partition coefficient (Wildman–Crippen LogP) is 4.74. The number of aromatic nitrogens is 4. The zero-order valence-electron chi connectivity index (χ0n) is 37.7. The van der Waals surface area contributed by atoms with E-state index in [4.69, 9.17) is 0 Å². The molecule has 342 valence electrons. The molecule has 0 atom stereocenters. The van der Waals surface area contributed by atoms with Gasteiger partial charge < -0.3 is 44.6 Å². The van der Waals surface area contributed by atoms with Crippen LogP contribution in [0.4, 0.5) is 0 Å². The quantitative estimate of drug-likeness (QED) is 0.0621. The Morgan fingerprint density at radius 1 is 0.500 bits per heavy atom. The maximum Gasteiger partial charge on any atom is 0.220 e. The predicted molar refractivity (Wildman–Crippen MR) is 271 cm³/mol. The van der Waals surface area contributed by atoms with Gasteiger partial charge in [0.25, 0.3) is 0 Å². The lowest BCUT2D eigenvalue weighted by atomic mass is 10.1. The van der Waals surface area contributed by atoms with Gasteiger partial charge in [-0.25, -0.2) is 9.13 Å². The lowest BCUT2D eigenvalue weighted by Gasteiger charge is -2.06. The number of aryl methyl sites for hydroxylation is 4. The fraction of sp³-hybridized carbons (Fsp3) is 0.259. The second-order valence-electron chi connectivity index (χ2n) is 16.0. The number of hydrogen-bond donors (Lipinski definition) is 2. The Labute approximate surface area is 408 Å². The van der Waals surface area contributed by atoms with Crippen LogP contribution in [0.3, 0.4) is 0 Å². The minimum Gasteiger partial charge on any atom is -1.00 e. The largest absolute Gasteiger partial charge is 1.00 e. The van der Waals surface area contributed by atoms with Crippen molar-refractivity contribution in [3.05, 3.63) is 156 Å². The molecule has 8 aromatic rings. The molecule has 4 aromatic carbocycles. The fourth-order valence-electron chi connectivity index (χ4n) is 8.48. The van der Waals surface area contributed by atoms with E-state index in [2.05, 4.69) is 201 Å². The first-order valence-electron chi connectivity index (χ1n) is 22.6. The summed E-state index contributed by atoms with van der Waals surface area (Å²) >= 11 is 0. The van der Waals surface area contributed by atoms with Crippen LogP contribution in [0.25, 0.3) is 67.9 Å². The molecule has 0 fully saturated rings. The summed E-state index contributed by atoms with van der Waals surface area (Å²) in [5.41, 5.74) is 9.75. The Kier molecular flexibility index (Phi) is 18.8. The Balaban J connectivity index is 0.00000360. The van der Waals surface area contributed by atoms with E-state index >= 15 is 0 Å². The van der Waals surface area contributed by atoms with Gasteiger partial charge in [-0.2, -0.15) is 0 Å². The fourth-order valence-corrected chi connectivity index (χ4v) is 10.3. The Morgan fingerprint density at radius 2 is 0.879 bits per heavy atom. The molecule has 0 unspecified atom stereocenters. The number of rotatable bonds is 21. The van der Waals surface area contributed by atoms with E-state index < -0.39 is 0 Å². The molecule has 66 heavy (non-hydrogen) atoms. The third-order valence-corrected chi connectivity index (χ3v) is 14.1. The van der Waals surface area contributed by atoms with Crippen LogP contribution < -0.4 is 44.6 Å². The maximum absolute atomic E-state index is 12.4. The lowest BCUT2D eigenvalue weighted by Crippen LogP contribution is -3.00. The molecular formula is C54H58Cl2N6O2S2. The highest BCUT2D eigenvalue weighted by atomic mass is 35.5. The van der Waals surface area contributed by atoms with Crippen LogP contribution >= 0.6 is 21.6 Å². The molecule has 0 bridgehead atoms. The highest BCUT2D eigenvalue weighted by Gasteiger charge is 2.12. The number of hydrogen-bond acceptors (Lipinski definition) is 4. The lowest BCUT2D eigenvalue weighted by molar-refractivity contribution is -0.697. The molecule has 0 saturated carbocycles. The summed E-state index contributed by atoms with van der Waals surface area (Å²) < 4.78 is 9.02. The van der Waals surface area contributed by atoms with E-state index in [-0.39, 0.29) is 36.6 Å². The van der Waals surface area contributed by atoms with Crippen molar-refractivity contribution in [1.82, 2.24) is 19.8 Å². The number of benzene rings is 4. The molecule has 8 nitrogen and oxygen atoms in total. The van der Waals surface area contributed by atoms with Crippen LogP contribution in [0.5, 0.6) is 0 Å². The van der Waals surface area contributed by atoms with E-state index in [1.807, 2.05) is 0 Å². The van der Waals surface area contributed by atoms with Crippen LogP contribution in [-0.4, -0.2) is 45.5 Å². The standard InChI is InChI=1S/C54H56N6O2S2.2ClH/c1-3-59-49-13-7-5-11-45(49)47-39-43(21-23-51(47)59)19-17-41-25-33-57(34-26-41)31-9-15-53(61)55-29-37-63-64-38-30-56-54(62)16-10-32-58-35-27-42(28-36-58)18-20-44-22-24-52-48(40-44)46-12-6-8-14-50(46)60(52)4-2;;/h5-8,11-14,17-28,33-36,39-40H,3-4,9-10,15-16,29-32,37-38H2,1-2H3;2*1H. The zero-order valence-corrected chi connectivity index (χ0v) is 40.8. The van der Waals surface area contributed by atoms with E-state index in [0.29, 0.717) is 25.9 Å². The smallest absolute Gasteiger partial charge is 0.220 e. The topological polar surface area (TPSA) is 75.8 Å². The molecule has 2 amide bonds. The molecule has 0 aliphatic carbocycles. The van der Waals surface area contributed by atoms with Crippen molar-refractivity contribution in [2.24, 2.45) is 0 Å². The van der Waals surface area contributed by atoms with E-state index in [0.717, 1.165) is 61.7 Å². The van der Waals surface area contributed by atoms with Gasteiger partial charge in [0.15, 0.2) is 24.8 Å². The summed E-state index contributed by atoms with van der Waals surface area (Å²) in [6.07, 6.45) is 19.6. The first-order valence-corrected chi connectivity index (χ1v) is 25.1. The highest BCUT2D eigenvalue weighted by Crippen LogP contribution is 2.31. The molecule has 8 rings (SSSR count). The van der Waals surface area contributed by atoms with Crippen LogP contribution in [0.2, 0.25) is 0 Å². The molecular weight excluding hydrogens is 900 g/mol. The summed E-state index contributed by atoms with van der Waals surface area (Å²) in [6, 6.07) is 39.1. The van der Waals surface area contributed by atoms with Crippen molar-refractivity contribution < 1.29 is 43.5 Å². The summed E-state index contributed by atoms with van der Waals surface area (Å²) in [7, 11) is 3.45. The maximum atomic E-state index is 12.4. The van der Waals surface area contributed by atoms with Gasteiger partial charge in [-0.15, -0.1) is 0 Å². The summed E-state index contributed by atoms with van der Waals surface area (Å²) in [4.78, 5) is 24.9. The van der Waals surface area contributed by atoms with E-state index in [1.54, 1.807) is 21.6 Å². The normalized spacial score (nSPS) is 11.5. The molecule has 12 heteroatoms. The van der Waals surface area contributed by atoms with Gasteiger partial charge in [0.05, 0.1) is 0 Å². The molecule has 0 aliphatic rings. The summed E-state index contributed by atoms with van der Waals surface area (Å²) in [5, 5.41) is 11.2. The summed E-state index contributed by atoms with van der Waals surface area (Å²) in [5.74, 6) is 1.83. The van der Waals surface area contributed by atoms with Gasteiger partial charge in [0.2, 0.25) is 11.8 Å². The zero-order chi connectivity index (χ0) is 44.1. The van der Waals surface area contributed by atoms with Crippen LogP contribution in [0.15, 0.2) is 134 Å². The van der Waals surface area contributed by atoms with Gasteiger partial charge in [-0.05, 0) is 72.5 Å². The van der Waals surface area contributed by atoms with Crippen molar-refractivity contribution in [3.8, 4) is 0 Å². The van der Waals surface area contributed by atoms with Crippen molar-refractivity contribution in [1.29, 1.82) is 0 Å². The van der Waals surface area contributed by atoms with Crippen LogP contribution in [0, 0.1) is 0 Å². The van der Waals surface area contributed by atoms with Gasteiger partial charge in [-0.1, -0.05) is 94.4 Å². The number of nitrogens with one attached hydrogen (secondary N) is 2. The number of carbonyl (C=O) groups is 2. The monoisotopic (exact) mass is 956 g/mol. The van der Waals surface area contributed by atoms with Crippen molar-refractivity contribution >= 4 is 101 Å². The number of nitrogens with zero attached hydrogens (tertiary/aromatic N) is 4. The van der Waals surface area contributed by atoms with Crippen molar-refractivity contribution in [2.45, 2.75) is 65.7 Å². The average molecular weight is 958 g/mol. The minimum absolute atomic E-state index is 0. The number of fused-ring (bicyclic) bond motifs is 6. The number of carbonyl (C=O) groups excluding carboxylic acids is 2. The van der Waals surface area contributed by atoms with E-state index in [9.17, 15) is 9.59 Å². The average Bonchev–Trinajstić information content (AvgIpc) is 3.83. The minimum atomic E-state index is 0. The molecule has 0 spiro atoms. The molecule has 4 aromatic heterocycles. The number of halogens is 2. The first-order chi connectivity index (χ1) is 31.5. The molecule has 4 heterocycles. The Morgan fingerprint density at radius 3 is 1.29 bits per heavy atom. The van der Waals surface area contributed by atoms with Crippen molar-refractivity contribution in [2.75, 3.05) is 24.6 Å². The second kappa shape index (κ2) is 24.8. The van der Waals surface area contributed by atoms with Crippen molar-refractivity contribution in [3.63, 3.8) is 0 Å². The van der Waals surface area contributed by atoms with Gasteiger partial charge >= 0.3 is 0 Å². The van der Waals surface area contributed by atoms with E-state index in [1.165, 1.54) is 54.7 Å². The first kappa shape index (κ1) is 49.9. The van der Waals surface area contributed by atoms with Gasteiger partial charge in [0.1, 0.15) is 13.1 Å². The van der Waals surface area contributed by atoms with Crippen LogP contribution in [-0.2, 0) is 35.8 Å². The number of amides is 2. The molecule has 0 radical (unpaired) electrons. The van der Waals surface area contributed by atoms with Crippen LogP contribution in [0.1, 0.15) is 61.8 Å². The SMILES string of the molecule is CCn1c2ccccc2c2cc(/C=C/c3cc[n+](CCCC(=O)NCCSSCCNC(=O)CCC[n+]4ccc(/C=C/c5ccc6c(c5)c5ccccc5n6CC)cc4)cc3)ccc21.[Cl-].[Cl-]. The summed E-state index contributed by atoms with van der Waals surface area (Å²) in [6.45, 7) is 9.15. The third-order valence-electron chi connectivity index (χ3n) is 11.7. The number of pyridine rings is 2.